The lowest BCUT2D eigenvalue weighted by Gasteiger charge is -2.20. The van der Waals surface area contributed by atoms with Crippen molar-refractivity contribution in [1.82, 2.24) is 10.6 Å². The molecule has 0 bridgehead atoms. The van der Waals surface area contributed by atoms with Crippen LogP contribution >= 0.6 is 0 Å². The lowest BCUT2D eigenvalue weighted by atomic mass is 10.1. The Morgan fingerprint density at radius 2 is 1.87 bits per heavy atom. The molecule has 0 fully saturated rings. The standard InChI is InChI=1S/C22H29N3O4S/c1-3-18(15-30(26,27)19-8-6-5-7-9-19)25-22(23-4-2)24-13-12-17-10-11-20-21(14-17)29-16-28-20/h5-11,14,18H,3-4,12-13,15-16H2,1-2H3,(H2,23,24,25). The summed E-state index contributed by atoms with van der Waals surface area (Å²) >= 11 is 0. The number of nitrogens with one attached hydrogen (secondary N) is 2. The van der Waals surface area contributed by atoms with Gasteiger partial charge in [-0.1, -0.05) is 31.2 Å². The topological polar surface area (TPSA) is 89.0 Å². The summed E-state index contributed by atoms with van der Waals surface area (Å²) in [4.78, 5) is 4.96. The molecule has 2 aromatic rings. The Kier molecular flexibility index (Phi) is 7.57. The fraction of sp³-hybridized carbons (Fsp3) is 0.409. The minimum atomic E-state index is -3.37. The molecule has 0 amide bonds. The highest BCUT2D eigenvalue weighted by molar-refractivity contribution is 7.91. The average Bonchev–Trinajstić information content (AvgIpc) is 3.22. The van der Waals surface area contributed by atoms with Crippen molar-refractivity contribution >= 4 is 15.8 Å². The van der Waals surface area contributed by atoms with Gasteiger partial charge in [0, 0.05) is 19.1 Å². The number of fused-ring (bicyclic) bond motifs is 1. The molecule has 1 heterocycles. The molecule has 2 N–H and O–H groups in total. The Balaban J connectivity index is 1.61. The number of nitrogens with zero attached hydrogens (tertiary/aromatic N) is 1. The first-order chi connectivity index (χ1) is 14.5. The molecular formula is C22H29N3O4S. The van der Waals surface area contributed by atoms with Crippen molar-refractivity contribution in [2.75, 3.05) is 25.6 Å². The van der Waals surface area contributed by atoms with Crippen LogP contribution in [0.2, 0.25) is 0 Å². The largest absolute Gasteiger partial charge is 0.454 e. The number of ether oxygens (including phenoxy) is 2. The third-order valence-corrected chi connectivity index (χ3v) is 6.64. The second-order valence-corrected chi connectivity index (χ2v) is 9.08. The molecule has 0 saturated heterocycles. The van der Waals surface area contributed by atoms with Crippen molar-refractivity contribution in [2.24, 2.45) is 4.99 Å². The molecular weight excluding hydrogens is 402 g/mol. The number of guanidine groups is 1. The number of hydrogen-bond acceptors (Lipinski definition) is 5. The van der Waals surface area contributed by atoms with E-state index >= 15 is 0 Å². The van der Waals surface area contributed by atoms with Crippen LogP contribution in [0.4, 0.5) is 0 Å². The third-order valence-electron chi connectivity index (χ3n) is 4.81. The quantitative estimate of drug-likeness (QED) is 0.469. The molecule has 7 nitrogen and oxygen atoms in total. The van der Waals surface area contributed by atoms with E-state index in [-0.39, 0.29) is 18.6 Å². The molecule has 1 aliphatic rings. The third kappa shape index (κ3) is 5.89. The van der Waals surface area contributed by atoms with E-state index in [0.29, 0.717) is 30.4 Å². The molecule has 8 heteroatoms. The highest BCUT2D eigenvalue weighted by Gasteiger charge is 2.21. The summed E-state index contributed by atoms with van der Waals surface area (Å²) in [7, 11) is -3.37. The van der Waals surface area contributed by atoms with Crippen LogP contribution in [-0.4, -0.2) is 46.1 Å². The van der Waals surface area contributed by atoms with Gasteiger partial charge in [-0.2, -0.15) is 0 Å². The van der Waals surface area contributed by atoms with Gasteiger partial charge in [0.2, 0.25) is 6.79 Å². The zero-order valence-corrected chi connectivity index (χ0v) is 18.2. The maximum Gasteiger partial charge on any atom is 0.231 e. The molecule has 0 saturated carbocycles. The molecule has 0 aliphatic carbocycles. The van der Waals surface area contributed by atoms with Crippen molar-refractivity contribution in [1.29, 1.82) is 0 Å². The van der Waals surface area contributed by atoms with Gasteiger partial charge in [0.05, 0.1) is 10.6 Å². The molecule has 162 valence electrons. The molecule has 30 heavy (non-hydrogen) atoms. The van der Waals surface area contributed by atoms with Crippen molar-refractivity contribution in [3.63, 3.8) is 0 Å². The van der Waals surface area contributed by atoms with Gasteiger partial charge in [0.15, 0.2) is 27.3 Å². The van der Waals surface area contributed by atoms with Gasteiger partial charge in [0.25, 0.3) is 0 Å². The predicted octanol–water partition coefficient (Wildman–Crippen LogP) is 2.77. The molecule has 0 radical (unpaired) electrons. The van der Waals surface area contributed by atoms with E-state index in [1.807, 2.05) is 38.1 Å². The zero-order chi connectivity index (χ0) is 21.4. The first kappa shape index (κ1) is 22.0. The molecule has 1 aliphatic heterocycles. The Bertz CT molecular complexity index is 962. The molecule has 2 aromatic carbocycles. The van der Waals surface area contributed by atoms with Crippen molar-refractivity contribution in [3.8, 4) is 11.5 Å². The minimum Gasteiger partial charge on any atom is -0.454 e. The van der Waals surface area contributed by atoms with Gasteiger partial charge in [-0.05, 0) is 49.6 Å². The Morgan fingerprint density at radius 1 is 1.10 bits per heavy atom. The highest BCUT2D eigenvalue weighted by Crippen LogP contribution is 2.32. The maximum absolute atomic E-state index is 12.7. The van der Waals surface area contributed by atoms with E-state index in [1.165, 1.54) is 0 Å². The van der Waals surface area contributed by atoms with Crippen LogP contribution in [0.1, 0.15) is 25.8 Å². The van der Waals surface area contributed by atoms with Crippen LogP contribution < -0.4 is 20.1 Å². The van der Waals surface area contributed by atoms with Crippen LogP contribution in [0.5, 0.6) is 11.5 Å². The van der Waals surface area contributed by atoms with Crippen LogP contribution in [-0.2, 0) is 16.3 Å². The summed E-state index contributed by atoms with van der Waals surface area (Å²) in [6.07, 6.45) is 1.41. The van der Waals surface area contributed by atoms with Crippen LogP contribution in [0.25, 0.3) is 0 Å². The zero-order valence-electron chi connectivity index (χ0n) is 17.4. The van der Waals surface area contributed by atoms with Crippen molar-refractivity contribution < 1.29 is 17.9 Å². The Labute approximate surface area is 178 Å². The van der Waals surface area contributed by atoms with Crippen LogP contribution in [0, 0.1) is 0 Å². The van der Waals surface area contributed by atoms with E-state index in [1.54, 1.807) is 24.3 Å². The maximum atomic E-state index is 12.7. The molecule has 1 unspecified atom stereocenters. The first-order valence-corrected chi connectivity index (χ1v) is 11.9. The molecule has 0 aromatic heterocycles. The van der Waals surface area contributed by atoms with Crippen molar-refractivity contribution in [2.45, 2.75) is 37.6 Å². The van der Waals surface area contributed by atoms with E-state index in [0.717, 1.165) is 23.5 Å². The fourth-order valence-corrected chi connectivity index (χ4v) is 4.77. The summed E-state index contributed by atoms with van der Waals surface area (Å²) in [5.74, 6) is 2.16. The second kappa shape index (κ2) is 10.3. The first-order valence-electron chi connectivity index (χ1n) is 10.2. The van der Waals surface area contributed by atoms with Gasteiger partial charge in [-0.25, -0.2) is 8.42 Å². The van der Waals surface area contributed by atoms with E-state index in [4.69, 9.17) is 9.47 Å². The smallest absolute Gasteiger partial charge is 0.231 e. The lowest BCUT2D eigenvalue weighted by molar-refractivity contribution is 0.174. The molecule has 1 atom stereocenters. The van der Waals surface area contributed by atoms with E-state index in [2.05, 4.69) is 15.6 Å². The molecule has 3 rings (SSSR count). The van der Waals surface area contributed by atoms with Gasteiger partial charge in [-0.15, -0.1) is 0 Å². The predicted molar refractivity (Wildman–Crippen MR) is 118 cm³/mol. The number of benzene rings is 2. The average molecular weight is 432 g/mol. The minimum absolute atomic E-state index is 0.0140. The summed E-state index contributed by atoms with van der Waals surface area (Å²) in [5, 5.41) is 6.47. The van der Waals surface area contributed by atoms with Gasteiger partial charge in [-0.3, -0.25) is 4.99 Å². The van der Waals surface area contributed by atoms with E-state index < -0.39 is 9.84 Å². The number of aliphatic imine (C=N–C) groups is 1. The summed E-state index contributed by atoms with van der Waals surface area (Å²) in [5.41, 5.74) is 1.11. The summed E-state index contributed by atoms with van der Waals surface area (Å²) in [6.45, 7) is 5.47. The Morgan fingerprint density at radius 3 is 2.60 bits per heavy atom. The molecule has 0 spiro atoms. The van der Waals surface area contributed by atoms with Crippen molar-refractivity contribution in [3.05, 3.63) is 54.1 Å². The van der Waals surface area contributed by atoms with E-state index in [9.17, 15) is 8.42 Å². The van der Waals surface area contributed by atoms with Crippen LogP contribution in [0.15, 0.2) is 58.4 Å². The summed E-state index contributed by atoms with van der Waals surface area (Å²) < 4.78 is 36.2. The van der Waals surface area contributed by atoms with Gasteiger partial charge >= 0.3 is 0 Å². The lowest BCUT2D eigenvalue weighted by Crippen LogP contribution is -2.46. The SMILES string of the molecule is CCNC(=NCCc1ccc2c(c1)OCO2)NC(CC)CS(=O)(=O)c1ccccc1. The fourth-order valence-electron chi connectivity index (χ4n) is 3.16. The highest BCUT2D eigenvalue weighted by atomic mass is 32.2. The number of hydrogen-bond donors (Lipinski definition) is 2. The number of sulfone groups is 1. The second-order valence-electron chi connectivity index (χ2n) is 7.04. The normalized spacial score (nSPS) is 14.4. The summed E-state index contributed by atoms with van der Waals surface area (Å²) in [6, 6.07) is 14.2. The monoisotopic (exact) mass is 431 g/mol. The van der Waals surface area contributed by atoms with Gasteiger partial charge < -0.3 is 20.1 Å². The Hall–Kier alpha value is -2.74. The number of rotatable bonds is 9. The van der Waals surface area contributed by atoms with Gasteiger partial charge in [0.1, 0.15) is 0 Å². The van der Waals surface area contributed by atoms with Crippen LogP contribution in [0.3, 0.4) is 0 Å².